The zero-order valence-electron chi connectivity index (χ0n) is 64.6. The normalized spacial score (nSPS) is 10.4. The zero-order chi connectivity index (χ0) is 87.8. The lowest BCUT2D eigenvalue weighted by Crippen LogP contribution is -2.12. The van der Waals surface area contributed by atoms with E-state index in [2.05, 4.69) is 0 Å². The number of aromatic hydroxyl groups is 2. The average Bonchev–Trinajstić information content (AvgIpc) is 0.768. The van der Waals surface area contributed by atoms with Crippen LogP contribution in [-0.2, 0) is 81.5 Å². The van der Waals surface area contributed by atoms with Crippen molar-refractivity contribution in [3.63, 3.8) is 0 Å². The molecule has 42 heteroatoms. The number of phenolic OH excluding ortho intramolecular Hbond substituents is 2. The van der Waals surface area contributed by atoms with Crippen LogP contribution in [0.3, 0.4) is 0 Å². The Labute approximate surface area is 662 Å². The van der Waals surface area contributed by atoms with Crippen molar-refractivity contribution in [3.8, 4) is 178 Å². The van der Waals surface area contributed by atoms with Gasteiger partial charge in [0.2, 0.25) is 74.7 Å². The molecule has 620 valence electrons. The molecule has 0 heterocycles. The van der Waals surface area contributed by atoms with E-state index in [1.807, 2.05) is 0 Å². The van der Waals surface area contributed by atoms with Gasteiger partial charge in [-0.05, 0) is 0 Å². The third-order valence-electron chi connectivity index (χ3n) is 13.0. The standard InChI is InChI=1S/C76H64O42/c1-29(77)96-46-18-52(98-31(3)79)66(53(19-46)99-32(4)80)113-47-20-56(102-35(7)83)69(57(21-47)103-36(8)84)118-63-28-61(107-40(12)88)72(109-42(14)90)76(112-45(17)93)73(63)115-49-24-58(104-37(9)85)68(59(25-49)105-38(10)86)117-62-26-50(97-30(2)78)64(94)75(111-44(16)92)71(62)114-48-22-54(100-33(5)81)67(55(23-48)101-34(6)82)116-51-27-60(106-39(11)87)70(108-41(13)89)74(65(51)95)110-43(15)91/h18-28,94-95H,1-17H3. The molecule has 0 saturated heterocycles. The summed E-state index contributed by atoms with van der Waals surface area (Å²) in [6, 6.07) is 8.66. The number of benzene rings is 7. The monoisotopic (exact) mass is 1650 g/mol. The Morgan fingerprint density at radius 1 is 0.153 bits per heavy atom. The first kappa shape index (κ1) is 89.1. The van der Waals surface area contributed by atoms with E-state index in [9.17, 15) is 91.7 Å². The molecular weight excluding hydrogens is 1580 g/mol. The molecule has 0 radical (unpaired) electrons. The fraction of sp³-hybridized carbons (Fsp3) is 0.224. The van der Waals surface area contributed by atoms with Crippen molar-refractivity contribution in [2.45, 2.75) is 118 Å². The third-order valence-corrected chi connectivity index (χ3v) is 13.0. The molecule has 7 aromatic rings. The fourth-order valence-electron chi connectivity index (χ4n) is 9.60. The van der Waals surface area contributed by atoms with E-state index in [1.165, 1.54) is 0 Å². The molecular formula is C76H64O42. The van der Waals surface area contributed by atoms with Crippen LogP contribution < -0.4 is 109 Å². The van der Waals surface area contributed by atoms with E-state index in [-0.39, 0.29) is 5.75 Å². The van der Waals surface area contributed by atoms with Gasteiger partial charge in [0.1, 0.15) is 23.0 Å². The number of phenols is 2. The first-order valence-electron chi connectivity index (χ1n) is 33.2. The van der Waals surface area contributed by atoms with Gasteiger partial charge < -0.3 is 119 Å². The lowest BCUT2D eigenvalue weighted by atomic mass is 10.2. The van der Waals surface area contributed by atoms with Crippen LogP contribution in [0.1, 0.15) is 118 Å². The molecule has 0 bridgehead atoms. The predicted octanol–water partition coefficient (Wildman–Crippen LogP) is 10.6. The van der Waals surface area contributed by atoms with Crippen LogP contribution in [0.5, 0.6) is 178 Å². The Bertz CT molecular complexity index is 5240. The van der Waals surface area contributed by atoms with Crippen LogP contribution in [0, 0.1) is 0 Å². The van der Waals surface area contributed by atoms with Crippen LogP contribution in [0.25, 0.3) is 0 Å². The van der Waals surface area contributed by atoms with Gasteiger partial charge in [-0.1, -0.05) is 0 Å². The summed E-state index contributed by atoms with van der Waals surface area (Å²) in [4.78, 5) is 219. The van der Waals surface area contributed by atoms with Gasteiger partial charge in [0, 0.05) is 184 Å². The highest BCUT2D eigenvalue weighted by Crippen LogP contribution is 2.61. The Morgan fingerprint density at radius 2 is 0.322 bits per heavy atom. The first-order chi connectivity index (χ1) is 55.2. The lowest BCUT2D eigenvalue weighted by molar-refractivity contribution is -0.135. The second kappa shape index (κ2) is 38.4. The molecule has 0 atom stereocenters. The molecule has 118 heavy (non-hydrogen) atoms. The summed E-state index contributed by atoms with van der Waals surface area (Å²) < 4.78 is 129. The van der Waals surface area contributed by atoms with E-state index in [1.54, 1.807) is 0 Å². The van der Waals surface area contributed by atoms with Gasteiger partial charge in [0.25, 0.3) is 0 Å². The topological polar surface area (TPSA) is 543 Å². The highest BCUT2D eigenvalue weighted by Gasteiger charge is 2.37. The molecule has 2 N–H and O–H groups in total. The first-order valence-corrected chi connectivity index (χ1v) is 33.2. The fourth-order valence-corrected chi connectivity index (χ4v) is 9.60. The molecule has 0 saturated carbocycles. The summed E-state index contributed by atoms with van der Waals surface area (Å²) in [6.07, 6.45) is 0. The summed E-state index contributed by atoms with van der Waals surface area (Å²) >= 11 is 0. The minimum Gasteiger partial charge on any atom is -0.502 e. The van der Waals surface area contributed by atoms with Gasteiger partial charge >= 0.3 is 101 Å². The summed E-state index contributed by atoms with van der Waals surface area (Å²) in [7, 11) is 0. The Morgan fingerprint density at radius 3 is 0.602 bits per heavy atom. The molecule has 0 aromatic heterocycles. The molecule has 0 aliphatic rings. The highest BCUT2D eigenvalue weighted by atomic mass is 16.7. The molecule has 7 rings (SSSR count). The van der Waals surface area contributed by atoms with Crippen molar-refractivity contribution >= 4 is 101 Å². The van der Waals surface area contributed by atoms with E-state index in [0.717, 1.165) is 166 Å². The number of ether oxygens (including phenoxy) is 23. The summed E-state index contributed by atoms with van der Waals surface area (Å²) in [6.45, 7) is 14.7. The molecule has 0 amide bonds. The Hall–Kier alpha value is -16.1. The Balaban J connectivity index is 1.55. The average molecular weight is 1650 g/mol. The maximum atomic E-state index is 13.4. The van der Waals surface area contributed by atoms with Crippen LogP contribution in [0.15, 0.2) is 66.7 Å². The lowest BCUT2D eigenvalue weighted by Gasteiger charge is -2.23. The molecule has 42 nitrogen and oxygen atoms in total. The van der Waals surface area contributed by atoms with Gasteiger partial charge in [-0.15, -0.1) is 0 Å². The van der Waals surface area contributed by atoms with Crippen molar-refractivity contribution in [2.24, 2.45) is 0 Å². The van der Waals surface area contributed by atoms with Gasteiger partial charge in [-0.2, -0.15) is 0 Å². The number of hydrogen-bond acceptors (Lipinski definition) is 42. The Kier molecular flexibility index (Phi) is 29.0. The molecule has 7 aromatic carbocycles. The number of rotatable bonds is 29. The second-order valence-corrected chi connectivity index (χ2v) is 23.3. The molecule has 0 unspecified atom stereocenters. The van der Waals surface area contributed by atoms with Gasteiger partial charge in [-0.3, -0.25) is 81.5 Å². The number of esters is 17. The van der Waals surface area contributed by atoms with Gasteiger partial charge in [0.05, 0.1) is 0 Å². The van der Waals surface area contributed by atoms with Crippen molar-refractivity contribution < 1.29 is 201 Å². The molecule has 0 aliphatic carbocycles. The van der Waals surface area contributed by atoms with Crippen LogP contribution in [0.4, 0.5) is 0 Å². The molecule has 0 spiro atoms. The minimum absolute atomic E-state index is 0.351. The van der Waals surface area contributed by atoms with E-state index < -0.39 is 274 Å². The highest BCUT2D eigenvalue weighted by molar-refractivity contribution is 5.87. The van der Waals surface area contributed by atoms with Crippen molar-refractivity contribution in [3.05, 3.63) is 66.7 Å². The maximum absolute atomic E-state index is 13.4. The predicted molar refractivity (Wildman–Crippen MR) is 381 cm³/mol. The molecule has 0 fully saturated rings. The summed E-state index contributed by atoms with van der Waals surface area (Å²) in [5, 5.41) is 23.5. The quantitative estimate of drug-likeness (QED) is 0.0325. The van der Waals surface area contributed by atoms with Crippen molar-refractivity contribution in [1.29, 1.82) is 0 Å². The second-order valence-electron chi connectivity index (χ2n) is 23.3. The molecule has 0 aliphatic heterocycles. The smallest absolute Gasteiger partial charge is 0.308 e. The largest absolute Gasteiger partial charge is 0.502 e. The zero-order valence-corrected chi connectivity index (χ0v) is 64.6. The number of hydrogen-bond donors (Lipinski definition) is 2. The third kappa shape index (κ3) is 24.5. The minimum atomic E-state index is -1.29. The number of carbonyl (C=O) groups is 17. The van der Waals surface area contributed by atoms with E-state index in [0.29, 0.717) is 18.2 Å². The van der Waals surface area contributed by atoms with Gasteiger partial charge in [-0.25, -0.2) is 0 Å². The van der Waals surface area contributed by atoms with Gasteiger partial charge in [0.15, 0.2) is 80.5 Å². The van der Waals surface area contributed by atoms with Crippen molar-refractivity contribution in [1.82, 2.24) is 0 Å². The van der Waals surface area contributed by atoms with Crippen LogP contribution in [0.2, 0.25) is 0 Å². The van der Waals surface area contributed by atoms with E-state index in [4.69, 9.17) is 109 Å². The summed E-state index contributed by atoms with van der Waals surface area (Å²) in [5.41, 5.74) is 0. The maximum Gasteiger partial charge on any atom is 0.308 e. The van der Waals surface area contributed by atoms with Crippen LogP contribution in [-0.4, -0.2) is 112 Å². The SMILES string of the molecule is CC(=O)Oc1cc(OC(C)=O)c(Oc2cc(OC(C)=O)c(Oc3cc(OC(C)=O)c(OC(C)=O)c(OC(C)=O)c3Oc3cc(OC(C)=O)c(Oc4cc(OC(C)=O)c(O)c(OC(C)=O)c4Oc4cc(OC(C)=O)c(Oc5cc(OC(C)=O)c(OC(C)=O)c(OC(C)=O)c5O)c(OC(C)=O)c4)c(OC(C)=O)c3)c(OC(C)=O)c2)c(OC(C)=O)c1. The number of carbonyl (C=O) groups excluding carboxylic acids is 17. The van der Waals surface area contributed by atoms with Crippen LogP contribution >= 0.6 is 0 Å². The van der Waals surface area contributed by atoms with E-state index >= 15 is 0 Å². The van der Waals surface area contributed by atoms with Crippen molar-refractivity contribution in [2.75, 3.05) is 0 Å². The summed E-state index contributed by atoms with van der Waals surface area (Å²) in [5.74, 6) is -47.0.